The Hall–Kier alpha value is -2.02. The molecular formula is C13H17N7. The van der Waals surface area contributed by atoms with Crippen molar-refractivity contribution in [2.24, 2.45) is 5.92 Å². The van der Waals surface area contributed by atoms with Gasteiger partial charge in [0.05, 0.1) is 6.33 Å². The van der Waals surface area contributed by atoms with Gasteiger partial charge in [-0.1, -0.05) is 0 Å². The maximum Gasteiger partial charge on any atom is 0.189 e. The number of aryl methyl sites for hydroxylation is 1. The van der Waals surface area contributed by atoms with Crippen molar-refractivity contribution in [2.45, 2.75) is 25.7 Å². The fraction of sp³-hybridized carbons (Fsp3) is 0.538. The van der Waals surface area contributed by atoms with E-state index in [1.54, 1.807) is 12.7 Å². The van der Waals surface area contributed by atoms with Gasteiger partial charge in [0.1, 0.15) is 17.7 Å². The van der Waals surface area contributed by atoms with Crippen LogP contribution >= 0.6 is 0 Å². The van der Waals surface area contributed by atoms with Gasteiger partial charge >= 0.3 is 0 Å². The Kier molecular flexibility index (Phi) is 2.84. The van der Waals surface area contributed by atoms with Crippen molar-refractivity contribution in [3.63, 3.8) is 0 Å². The van der Waals surface area contributed by atoms with E-state index in [4.69, 9.17) is 0 Å². The maximum absolute atomic E-state index is 4.33. The van der Waals surface area contributed by atoms with Gasteiger partial charge in [-0.2, -0.15) is 0 Å². The molecule has 4 rings (SSSR count). The highest BCUT2D eigenvalue weighted by Gasteiger charge is 2.16. The summed E-state index contributed by atoms with van der Waals surface area (Å²) in [7, 11) is 0. The molecule has 1 fully saturated rings. The van der Waals surface area contributed by atoms with Crippen LogP contribution in [0.15, 0.2) is 12.7 Å². The SMILES string of the molecule is c1nc2ncn3c(CCC4CCNCC4)nnc3c2[nH]1. The Morgan fingerprint density at radius 1 is 1.20 bits per heavy atom. The van der Waals surface area contributed by atoms with Crippen molar-refractivity contribution in [3.8, 4) is 0 Å². The number of imidazole rings is 1. The van der Waals surface area contributed by atoms with Crippen molar-refractivity contribution < 1.29 is 0 Å². The number of hydrogen-bond acceptors (Lipinski definition) is 5. The number of piperidine rings is 1. The number of aromatic nitrogens is 6. The largest absolute Gasteiger partial charge is 0.340 e. The molecule has 1 saturated heterocycles. The predicted molar refractivity (Wildman–Crippen MR) is 74.3 cm³/mol. The molecule has 7 nitrogen and oxygen atoms in total. The molecule has 4 heterocycles. The first-order chi connectivity index (χ1) is 9.92. The Morgan fingerprint density at radius 3 is 3.00 bits per heavy atom. The van der Waals surface area contributed by atoms with Crippen molar-refractivity contribution in [1.82, 2.24) is 34.9 Å². The third-order valence-corrected chi connectivity index (χ3v) is 4.14. The molecule has 7 heteroatoms. The molecule has 3 aromatic heterocycles. The van der Waals surface area contributed by atoms with Gasteiger partial charge in [0.15, 0.2) is 11.3 Å². The fourth-order valence-corrected chi connectivity index (χ4v) is 2.95. The first kappa shape index (κ1) is 11.8. The third kappa shape index (κ3) is 1.94. The monoisotopic (exact) mass is 271 g/mol. The molecule has 0 unspecified atom stereocenters. The van der Waals surface area contributed by atoms with E-state index < -0.39 is 0 Å². The van der Waals surface area contributed by atoms with Crippen LogP contribution in [0.2, 0.25) is 0 Å². The first-order valence-electron chi connectivity index (χ1n) is 7.14. The summed E-state index contributed by atoms with van der Waals surface area (Å²) in [4.78, 5) is 11.5. The number of rotatable bonds is 3. The lowest BCUT2D eigenvalue weighted by molar-refractivity contribution is 0.352. The Labute approximate surface area is 115 Å². The summed E-state index contributed by atoms with van der Waals surface area (Å²) in [6, 6.07) is 0. The van der Waals surface area contributed by atoms with Crippen LogP contribution in [0, 0.1) is 5.92 Å². The minimum Gasteiger partial charge on any atom is -0.340 e. The molecule has 0 aromatic carbocycles. The summed E-state index contributed by atoms with van der Waals surface area (Å²) in [5, 5.41) is 12.0. The molecule has 0 amide bonds. The summed E-state index contributed by atoms with van der Waals surface area (Å²) in [5.74, 6) is 1.79. The third-order valence-electron chi connectivity index (χ3n) is 4.14. The number of nitrogens with zero attached hydrogens (tertiary/aromatic N) is 5. The Bertz CT molecular complexity index is 723. The van der Waals surface area contributed by atoms with Crippen LogP contribution in [0.4, 0.5) is 0 Å². The molecule has 0 bridgehead atoms. The van der Waals surface area contributed by atoms with Crippen LogP contribution in [0.1, 0.15) is 25.1 Å². The number of aromatic amines is 1. The number of nitrogens with one attached hydrogen (secondary N) is 2. The van der Waals surface area contributed by atoms with Crippen LogP contribution in [0.3, 0.4) is 0 Å². The van der Waals surface area contributed by atoms with E-state index >= 15 is 0 Å². The molecule has 104 valence electrons. The van der Waals surface area contributed by atoms with Crippen LogP contribution in [0.5, 0.6) is 0 Å². The van der Waals surface area contributed by atoms with Gasteiger partial charge in [0.2, 0.25) is 0 Å². The zero-order valence-corrected chi connectivity index (χ0v) is 11.2. The average molecular weight is 271 g/mol. The average Bonchev–Trinajstić information content (AvgIpc) is 3.12. The summed E-state index contributed by atoms with van der Waals surface area (Å²) in [6.07, 6.45) is 8.06. The molecule has 2 N–H and O–H groups in total. The Balaban J connectivity index is 1.60. The van der Waals surface area contributed by atoms with Gasteiger partial charge in [-0.15, -0.1) is 10.2 Å². The minimum absolute atomic E-state index is 0.690. The van der Waals surface area contributed by atoms with E-state index in [2.05, 4.69) is 30.5 Å². The lowest BCUT2D eigenvalue weighted by Gasteiger charge is -2.21. The van der Waals surface area contributed by atoms with E-state index in [0.717, 1.165) is 42.4 Å². The zero-order valence-electron chi connectivity index (χ0n) is 11.2. The molecule has 1 aliphatic heterocycles. The van der Waals surface area contributed by atoms with Crippen LogP contribution in [-0.2, 0) is 6.42 Å². The summed E-state index contributed by atoms with van der Waals surface area (Å²) in [6.45, 7) is 2.28. The highest BCUT2D eigenvalue weighted by molar-refractivity contribution is 5.84. The van der Waals surface area contributed by atoms with Gasteiger partial charge in [-0.3, -0.25) is 4.40 Å². The molecule has 0 spiro atoms. The summed E-state index contributed by atoms with van der Waals surface area (Å²) < 4.78 is 1.97. The maximum atomic E-state index is 4.33. The summed E-state index contributed by atoms with van der Waals surface area (Å²) >= 11 is 0. The lowest BCUT2D eigenvalue weighted by Crippen LogP contribution is -2.28. The number of fused-ring (bicyclic) bond motifs is 3. The Morgan fingerprint density at radius 2 is 2.10 bits per heavy atom. The van der Waals surface area contributed by atoms with Gasteiger partial charge in [-0.25, -0.2) is 9.97 Å². The zero-order chi connectivity index (χ0) is 13.4. The van der Waals surface area contributed by atoms with Crippen molar-refractivity contribution in [2.75, 3.05) is 13.1 Å². The topological polar surface area (TPSA) is 83.8 Å². The standard InChI is InChI=1S/C13H17N7/c1(9-3-5-14-6-4-9)2-10-18-19-13-11-12(16-7-15-11)17-8-20(10)13/h7-9,14H,1-6H2,(H,15,16). The highest BCUT2D eigenvalue weighted by atomic mass is 15.3. The second kappa shape index (κ2) is 4.82. The number of hydrogen-bond donors (Lipinski definition) is 2. The molecule has 1 aliphatic rings. The van der Waals surface area contributed by atoms with Crippen LogP contribution in [0.25, 0.3) is 16.8 Å². The van der Waals surface area contributed by atoms with E-state index in [0.29, 0.717) is 5.65 Å². The fourth-order valence-electron chi connectivity index (χ4n) is 2.95. The molecule has 0 radical (unpaired) electrons. The first-order valence-corrected chi connectivity index (χ1v) is 7.14. The van der Waals surface area contributed by atoms with Crippen molar-refractivity contribution in [1.29, 1.82) is 0 Å². The van der Waals surface area contributed by atoms with Crippen molar-refractivity contribution in [3.05, 3.63) is 18.5 Å². The normalized spacial score (nSPS) is 17.2. The van der Waals surface area contributed by atoms with Gasteiger partial charge < -0.3 is 10.3 Å². The molecule has 3 aromatic rings. The lowest BCUT2D eigenvalue weighted by atomic mass is 9.93. The molecular weight excluding hydrogens is 254 g/mol. The molecule has 20 heavy (non-hydrogen) atoms. The van der Waals surface area contributed by atoms with Crippen molar-refractivity contribution >= 4 is 16.8 Å². The van der Waals surface area contributed by atoms with E-state index in [1.165, 1.54) is 19.3 Å². The van der Waals surface area contributed by atoms with Gasteiger partial charge in [-0.05, 0) is 38.3 Å². The predicted octanol–water partition coefficient (Wildman–Crippen LogP) is 0.933. The van der Waals surface area contributed by atoms with Gasteiger partial charge in [0, 0.05) is 6.42 Å². The molecule has 0 aliphatic carbocycles. The molecule has 0 saturated carbocycles. The van der Waals surface area contributed by atoms with E-state index in [1.807, 2.05) is 4.40 Å². The van der Waals surface area contributed by atoms with Crippen LogP contribution < -0.4 is 5.32 Å². The molecule has 0 atom stereocenters. The highest BCUT2D eigenvalue weighted by Crippen LogP contribution is 2.19. The summed E-state index contributed by atoms with van der Waals surface area (Å²) in [5.41, 5.74) is 2.36. The van der Waals surface area contributed by atoms with E-state index in [-0.39, 0.29) is 0 Å². The smallest absolute Gasteiger partial charge is 0.189 e. The quantitative estimate of drug-likeness (QED) is 0.740. The van der Waals surface area contributed by atoms with Crippen LogP contribution in [-0.4, -0.2) is 42.6 Å². The minimum atomic E-state index is 0.690. The van der Waals surface area contributed by atoms with E-state index in [9.17, 15) is 0 Å². The second-order valence-corrected chi connectivity index (χ2v) is 5.39. The van der Waals surface area contributed by atoms with Gasteiger partial charge in [0.25, 0.3) is 0 Å². The second-order valence-electron chi connectivity index (χ2n) is 5.39. The number of H-pyrrole nitrogens is 1.